The maximum absolute atomic E-state index is 5.85. The summed E-state index contributed by atoms with van der Waals surface area (Å²) >= 11 is 3.56. The molecule has 2 N–H and O–H groups in total. The molecule has 0 amide bonds. The normalized spacial score (nSPS) is 19.8. The molecule has 1 aromatic carbocycles. The molecule has 0 bridgehead atoms. The van der Waals surface area contributed by atoms with Crippen molar-refractivity contribution >= 4 is 15.9 Å². The van der Waals surface area contributed by atoms with Crippen molar-refractivity contribution in [1.82, 2.24) is 0 Å². The number of fused-ring (bicyclic) bond motifs is 1. The predicted octanol–water partition coefficient (Wildman–Crippen LogP) is 3.36. The smallest absolute Gasteiger partial charge is 0.125 e. The zero-order valence-corrected chi connectivity index (χ0v) is 11.2. The van der Waals surface area contributed by atoms with E-state index >= 15 is 0 Å². The van der Waals surface area contributed by atoms with Gasteiger partial charge in [-0.15, -0.1) is 0 Å². The maximum atomic E-state index is 5.85. The van der Waals surface area contributed by atoms with Crippen LogP contribution in [0.1, 0.15) is 36.3 Å². The molecule has 0 fully saturated rings. The van der Waals surface area contributed by atoms with Crippen molar-refractivity contribution in [3.8, 4) is 5.75 Å². The fourth-order valence-electron chi connectivity index (χ4n) is 2.42. The average Bonchev–Trinajstić information content (AvgIpc) is 2.42. The quantitative estimate of drug-likeness (QED) is 0.903. The van der Waals surface area contributed by atoms with E-state index in [9.17, 15) is 0 Å². The van der Waals surface area contributed by atoms with Gasteiger partial charge in [0.15, 0.2) is 0 Å². The van der Waals surface area contributed by atoms with Crippen molar-refractivity contribution in [3.63, 3.8) is 0 Å². The second-order valence-electron chi connectivity index (χ2n) is 4.41. The molecule has 1 heterocycles. The van der Waals surface area contributed by atoms with Crippen LogP contribution in [0.5, 0.6) is 5.75 Å². The molecule has 0 spiro atoms. The maximum Gasteiger partial charge on any atom is 0.125 e. The van der Waals surface area contributed by atoms with Crippen molar-refractivity contribution in [2.75, 3.05) is 13.2 Å². The third-order valence-corrected chi connectivity index (χ3v) is 3.62. The van der Waals surface area contributed by atoms with Gasteiger partial charge in [0.25, 0.3) is 0 Å². The third kappa shape index (κ3) is 2.41. The van der Waals surface area contributed by atoms with Crippen LogP contribution in [0.4, 0.5) is 0 Å². The first-order chi connectivity index (χ1) is 7.72. The number of benzene rings is 1. The molecule has 1 aliphatic rings. The monoisotopic (exact) mass is 283 g/mol. The molecule has 2 nitrogen and oxygen atoms in total. The zero-order chi connectivity index (χ0) is 11.5. The van der Waals surface area contributed by atoms with Crippen molar-refractivity contribution in [1.29, 1.82) is 0 Å². The van der Waals surface area contributed by atoms with Gasteiger partial charge in [0.1, 0.15) is 5.75 Å². The fraction of sp³-hybridized carbons (Fsp3) is 0.538. The first kappa shape index (κ1) is 11.9. The Morgan fingerprint density at radius 1 is 1.50 bits per heavy atom. The summed E-state index contributed by atoms with van der Waals surface area (Å²) in [7, 11) is 0. The molecular formula is C13H18BrNO. The van der Waals surface area contributed by atoms with Gasteiger partial charge in [0.05, 0.1) is 6.61 Å². The lowest BCUT2D eigenvalue weighted by atomic mass is 9.90. The minimum absolute atomic E-state index is 0.554. The molecule has 1 atom stereocenters. The van der Waals surface area contributed by atoms with E-state index in [2.05, 4.69) is 35.0 Å². The highest BCUT2D eigenvalue weighted by Crippen LogP contribution is 2.39. The van der Waals surface area contributed by atoms with Crippen LogP contribution < -0.4 is 10.5 Å². The molecule has 0 saturated heterocycles. The van der Waals surface area contributed by atoms with Gasteiger partial charge in [-0.1, -0.05) is 15.9 Å². The Morgan fingerprint density at radius 3 is 3.06 bits per heavy atom. The number of rotatable bonds is 2. The van der Waals surface area contributed by atoms with E-state index in [4.69, 9.17) is 10.5 Å². The molecule has 1 unspecified atom stereocenters. The minimum Gasteiger partial charge on any atom is -0.493 e. The highest BCUT2D eigenvalue weighted by Gasteiger charge is 2.21. The Labute approximate surface area is 105 Å². The molecular weight excluding hydrogens is 266 g/mol. The lowest BCUT2D eigenvalue weighted by molar-refractivity contribution is 0.314. The molecule has 0 aliphatic carbocycles. The van der Waals surface area contributed by atoms with Crippen LogP contribution >= 0.6 is 15.9 Å². The minimum atomic E-state index is 0.554. The van der Waals surface area contributed by atoms with Crippen molar-refractivity contribution in [2.45, 2.75) is 32.1 Å². The van der Waals surface area contributed by atoms with Crippen LogP contribution in [0.15, 0.2) is 16.6 Å². The largest absolute Gasteiger partial charge is 0.493 e. The number of aryl methyl sites for hydroxylation is 1. The van der Waals surface area contributed by atoms with Crippen LogP contribution in [0, 0.1) is 6.92 Å². The van der Waals surface area contributed by atoms with Gasteiger partial charge in [-0.05, 0) is 61.9 Å². The lowest BCUT2D eigenvalue weighted by Gasteiger charge is -2.17. The molecule has 2 rings (SSSR count). The van der Waals surface area contributed by atoms with Crippen molar-refractivity contribution < 1.29 is 4.74 Å². The van der Waals surface area contributed by atoms with Crippen LogP contribution in [0.25, 0.3) is 0 Å². The number of halogens is 1. The average molecular weight is 284 g/mol. The Bertz CT molecular complexity index is 378. The van der Waals surface area contributed by atoms with Gasteiger partial charge in [-0.2, -0.15) is 0 Å². The summed E-state index contributed by atoms with van der Waals surface area (Å²) in [5.74, 6) is 1.64. The molecule has 88 valence electrons. The van der Waals surface area contributed by atoms with E-state index < -0.39 is 0 Å². The lowest BCUT2D eigenvalue weighted by Crippen LogP contribution is -2.07. The Balaban J connectivity index is 2.43. The molecule has 3 heteroatoms. The van der Waals surface area contributed by atoms with Crippen LogP contribution in [0.3, 0.4) is 0 Å². The summed E-state index contributed by atoms with van der Waals surface area (Å²) in [5, 5.41) is 0. The molecule has 0 saturated carbocycles. The van der Waals surface area contributed by atoms with Gasteiger partial charge in [-0.3, -0.25) is 0 Å². The summed E-state index contributed by atoms with van der Waals surface area (Å²) in [6.45, 7) is 3.68. The number of hydrogen-bond acceptors (Lipinski definition) is 2. The summed E-state index contributed by atoms with van der Waals surface area (Å²) in [6, 6.07) is 4.30. The Kier molecular flexibility index (Phi) is 3.87. The first-order valence-electron chi connectivity index (χ1n) is 5.85. The van der Waals surface area contributed by atoms with Gasteiger partial charge in [0, 0.05) is 4.47 Å². The van der Waals surface area contributed by atoms with Gasteiger partial charge in [-0.25, -0.2) is 0 Å². The Morgan fingerprint density at radius 2 is 2.31 bits per heavy atom. The number of nitrogens with two attached hydrogens (primary N) is 1. The highest BCUT2D eigenvalue weighted by molar-refractivity contribution is 9.10. The molecule has 1 aromatic rings. The van der Waals surface area contributed by atoms with Crippen LogP contribution in [-0.4, -0.2) is 13.2 Å². The molecule has 16 heavy (non-hydrogen) atoms. The fourth-order valence-corrected chi connectivity index (χ4v) is 3.01. The van der Waals surface area contributed by atoms with Gasteiger partial charge in [0.2, 0.25) is 0 Å². The van der Waals surface area contributed by atoms with E-state index in [0.29, 0.717) is 5.92 Å². The summed E-state index contributed by atoms with van der Waals surface area (Å²) < 4.78 is 6.98. The van der Waals surface area contributed by atoms with E-state index in [1.54, 1.807) is 0 Å². The summed E-state index contributed by atoms with van der Waals surface area (Å²) in [5.41, 5.74) is 8.24. The van der Waals surface area contributed by atoms with E-state index in [0.717, 1.165) is 36.2 Å². The van der Waals surface area contributed by atoms with E-state index in [1.165, 1.54) is 17.5 Å². The standard InChI is InChI=1S/C13H18BrNO/c1-9-7-11(14)8-12-10(4-5-15)3-2-6-16-13(9)12/h7-8,10H,2-6,15H2,1H3. The zero-order valence-electron chi connectivity index (χ0n) is 9.63. The van der Waals surface area contributed by atoms with E-state index in [1.807, 2.05) is 0 Å². The number of hydrogen-bond donors (Lipinski definition) is 1. The molecule has 0 radical (unpaired) electrons. The van der Waals surface area contributed by atoms with Gasteiger partial charge < -0.3 is 10.5 Å². The summed E-state index contributed by atoms with van der Waals surface area (Å²) in [4.78, 5) is 0. The summed E-state index contributed by atoms with van der Waals surface area (Å²) in [6.07, 6.45) is 3.35. The van der Waals surface area contributed by atoms with Gasteiger partial charge >= 0.3 is 0 Å². The molecule has 0 aromatic heterocycles. The topological polar surface area (TPSA) is 35.2 Å². The highest BCUT2D eigenvalue weighted by atomic mass is 79.9. The first-order valence-corrected chi connectivity index (χ1v) is 6.64. The van der Waals surface area contributed by atoms with Crippen LogP contribution in [-0.2, 0) is 0 Å². The third-order valence-electron chi connectivity index (χ3n) is 3.17. The molecule has 1 aliphatic heterocycles. The SMILES string of the molecule is Cc1cc(Br)cc2c1OCCCC2CCN. The second-order valence-corrected chi connectivity index (χ2v) is 5.32. The predicted molar refractivity (Wildman–Crippen MR) is 70.0 cm³/mol. The van der Waals surface area contributed by atoms with Crippen LogP contribution in [0.2, 0.25) is 0 Å². The van der Waals surface area contributed by atoms with Crippen molar-refractivity contribution in [2.24, 2.45) is 5.73 Å². The Hall–Kier alpha value is -0.540. The van der Waals surface area contributed by atoms with Crippen molar-refractivity contribution in [3.05, 3.63) is 27.7 Å². The number of ether oxygens (including phenoxy) is 1. The van der Waals surface area contributed by atoms with E-state index in [-0.39, 0.29) is 0 Å². The second kappa shape index (κ2) is 5.19.